The summed E-state index contributed by atoms with van der Waals surface area (Å²) < 4.78 is 48.4. The Kier molecular flexibility index (Phi) is 7.44. The second-order valence-electron chi connectivity index (χ2n) is 13.7. The zero-order valence-corrected chi connectivity index (χ0v) is 29.2. The minimum absolute atomic E-state index is 0.0597. The molecular weight excluding hydrogens is 678 g/mol. The van der Waals surface area contributed by atoms with Crippen molar-refractivity contribution in [2.24, 2.45) is 0 Å². The molecule has 7 heteroatoms. The maximum atomic E-state index is 14.7. The lowest BCUT2D eigenvalue weighted by Crippen LogP contribution is -2.08. The van der Waals surface area contributed by atoms with Gasteiger partial charge < -0.3 is 9.13 Å². The van der Waals surface area contributed by atoms with Crippen LogP contribution in [0.4, 0.5) is 13.2 Å². The van der Waals surface area contributed by atoms with Crippen LogP contribution in [0.3, 0.4) is 0 Å². The highest BCUT2D eigenvalue weighted by Gasteiger charge is 2.34. The standard InChI is InChI=1S/C47H29F3N4/c1-28-14-19-42-36(22-28)34-9-3-5-11-40(34)53(42)44-21-17-31(33-18-16-30(26-51)24-39(33)47(48,49)50)25-38(44)46-32(27-52)8-7-13-45(46)54-41-12-6-4-10-35(41)37-23-29(2)15-20-43(37)54/h3-25H,1-2H3. The van der Waals surface area contributed by atoms with E-state index in [0.29, 0.717) is 27.9 Å². The van der Waals surface area contributed by atoms with E-state index in [0.717, 1.165) is 66.5 Å². The summed E-state index contributed by atoms with van der Waals surface area (Å²) in [7, 11) is 0. The number of benzene rings is 7. The number of nitrogens with zero attached hydrogens (tertiary/aromatic N) is 4. The Labute approximate surface area is 308 Å². The number of hydrogen-bond donors (Lipinski definition) is 0. The zero-order valence-electron chi connectivity index (χ0n) is 29.2. The highest BCUT2D eigenvalue weighted by atomic mass is 19.4. The van der Waals surface area contributed by atoms with Crippen LogP contribution in [0.1, 0.15) is 27.8 Å². The fourth-order valence-electron chi connectivity index (χ4n) is 7.99. The summed E-state index contributed by atoms with van der Waals surface area (Å²) >= 11 is 0. The quantitative estimate of drug-likeness (QED) is 0.183. The highest BCUT2D eigenvalue weighted by Crippen LogP contribution is 2.45. The number of para-hydroxylation sites is 2. The van der Waals surface area contributed by atoms with Gasteiger partial charge in [0.05, 0.1) is 62.3 Å². The number of aromatic nitrogens is 2. The summed E-state index contributed by atoms with van der Waals surface area (Å²) in [5.74, 6) is 0. The fourth-order valence-corrected chi connectivity index (χ4v) is 7.99. The number of fused-ring (bicyclic) bond motifs is 6. The van der Waals surface area contributed by atoms with Crippen molar-refractivity contribution in [3.05, 3.63) is 167 Å². The molecule has 0 bridgehead atoms. The van der Waals surface area contributed by atoms with E-state index in [2.05, 4.69) is 64.6 Å². The van der Waals surface area contributed by atoms with Crippen molar-refractivity contribution in [3.63, 3.8) is 0 Å². The molecule has 0 amide bonds. The van der Waals surface area contributed by atoms with E-state index in [4.69, 9.17) is 0 Å². The van der Waals surface area contributed by atoms with Crippen LogP contribution in [0.15, 0.2) is 140 Å². The Morgan fingerprint density at radius 3 is 1.69 bits per heavy atom. The van der Waals surface area contributed by atoms with Gasteiger partial charge in [0.2, 0.25) is 0 Å². The van der Waals surface area contributed by atoms with Crippen LogP contribution in [0.2, 0.25) is 0 Å². The van der Waals surface area contributed by atoms with E-state index in [1.165, 1.54) is 12.1 Å². The van der Waals surface area contributed by atoms with Crippen LogP contribution < -0.4 is 0 Å². The molecular formula is C47H29F3N4. The lowest BCUT2D eigenvalue weighted by molar-refractivity contribution is -0.137. The summed E-state index contributed by atoms with van der Waals surface area (Å²) in [5.41, 5.74) is 8.15. The van der Waals surface area contributed by atoms with Gasteiger partial charge in [-0.15, -0.1) is 0 Å². The highest BCUT2D eigenvalue weighted by molar-refractivity contribution is 6.12. The van der Waals surface area contributed by atoms with Crippen LogP contribution in [-0.4, -0.2) is 9.13 Å². The molecule has 9 aromatic rings. The van der Waals surface area contributed by atoms with Gasteiger partial charge in [0, 0.05) is 32.7 Å². The van der Waals surface area contributed by atoms with Crippen LogP contribution >= 0.6 is 0 Å². The molecule has 0 atom stereocenters. The van der Waals surface area contributed by atoms with Crippen molar-refractivity contribution in [1.29, 1.82) is 10.5 Å². The fraction of sp³-hybridized carbons (Fsp3) is 0.0638. The van der Waals surface area contributed by atoms with Gasteiger partial charge in [0.25, 0.3) is 0 Å². The van der Waals surface area contributed by atoms with Gasteiger partial charge in [-0.05, 0) is 97.8 Å². The molecule has 0 spiro atoms. The topological polar surface area (TPSA) is 57.4 Å². The minimum Gasteiger partial charge on any atom is -0.309 e. The van der Waals surface area contributed by atoms with Gasteiger partial charge in [-0.3, -0.25) is 0 Å². The van der Waals surface area contributed by atoms with E-state index in [1.54, 1.807) is 18.2 Å². The van der Waals surface area contributed by atoms with Gasteiger partial charge in [0.15, 0.2) is 0 Å². The van der Waals surface area contributed by atoms with E-state index >= 15 is 0 Å². The number of nitriles is 2. The molecule has 0 aliphatic rings. The van der Waals surface area contributed by atoms with Crippen molar-refractivity contribution in [3.8, 4) is 45.8 Å². The van der Waals surface area contributed by atoms with Gasteiger partial charge in [-0.2, -0.15) is 23.7 Å². The SMILES string of the molecule is Cc1ccc2c(c1)c1ccccc1n2-c1ccc(-c2ccc(C#N)cc2C(F)(F)F)cc1-c1c(C#N)cccc1-n1c2ccccc2c2cc(C)ccc21. The van der Waals surface area contributed by atoms with Crippen LogP contribution in [0, 0.1) is 36.5 Å². The molecule has 0 unspecified atom stereocenters. The minimum atomic E-state index is -4.72. The number of rotatable bonds is 4. The lowest BCUT2D eigenvalue weighted by atomic mass is 9.90. The molecule has 54 heavy (non-hydrogen) atoms. The third-order valence-corrected chi connectivity index (χ3v) is 10.3. The Morgan fingerprint density at radius 2 is 1.09 bits per heavy atom. The molecule has 0 N–H and O–H groups in total. The monoisotopic (exact) mass is 706 g/mol. The van der Waals surface area contributed by atoms with E-state index in [-0.39, 0.29) is 11.1 Å². The molecule has 7 aromatic carbocycles. The number of alkyl halides is 3. The molecule has 0 radical (unpaired) electrons. The van der Waals surface area contributed by atoms with E-state index in [1.807, 2.05) is 73.7 Å². The van der Waals surface area contributed by atoms with E-state index in [9.17, 15) is 23.7 Å². The maximum absolute atomic E-state index is 14.7. The number of aryl methyl sites for hydroxylation is 2. The average molecular weight is 707 g/mol. The van der Waals surface area contributed by atoms with Gasteiger partial charge >= 0.3 is 6.18 Å². The van der Waals surface area contributed by atoms with Crippen molar-refractivity contribution in [1.82, 2.24) is 9.13 Å². The molecule has 9 rings (SSSR count). The van der Waals surface area contributed by atoms with E-state index < -0.39 is 11.7 Å². The third-order valence-electron chi connectivity index (χ3n) is 10.3. The Morgan fingerprint density at radius 1 is 0.500 bits per heavy atom. The molecule has 2 heterocycles. The lowest BCUT2D eigenvalue weighted by Gasteiger charge is -2.21. The van der Waals surface area contributed by atoms with Crippen LogP contribution in [0.25, 0.3) is 77.2 Å². The molecule has 0 saturated carbocycles. The third kappa shape index (κ3) is 5.05. The first-order valence-electron chi connectivity index (χ1n) is 17.5. The first-order valence-corrected chi connectivity index (χ1v) is 17.5. The van der Waals surface area contributed by atoms with Crippen LogP contribution in [-0.2, 0) is 6.18 Å². The average Bonchev–Trinajstić information content (AvgIpc) is 3.68. The Bertz CT molecular complexity index is 3090. The van der Waals surface area contributed by atoms with Crippen LogP contribution in [0.5, 0.6) is 0 Å². The van der Waals surface area contributed by atoms with Gasteiger partial charge in [-0.1, -0.05) is 77.9 Å². The second-order valence-corrected chi connectivity index (χ2v) is 13.7. The summed E-state index contributed by atoms with van der Waals surface area (Å²) in [6.45, 7) is 4.10. The molecule has 258 valence electrons. The summed E-state index contributed by atoms with van der Waals surface area (Å²) in [4.78, 5) is 0. The Hall–Kier alpha value is -7.09. The largest absolute Gasteiger partial charge is 0.417 e. The smallest absolute Gasteiger partial charge is 0.309 e. The second kappa shape index (κ2) is 12.3. The summed E-state index contributed by atoms with van der Waals surface area (Å²) in [6.07, 6.45) is -4.72. The molecule has 2 aromatic heterocycles. The van der Waals surface area contributed by atoms with Crippen molar-refractivity contribution in [2.75, 3.05) is 0 Å². The normalized spacial score (nSPS) is 11.8. The summed E-state index contributed by atoms with van der Waals surface area (Å²) in [6, 6.07) is 47.5. The molecule has 0 aliphatic carbocycles. The first-order chi connectivity index (χ1) is 26.2. The molecule has 4 nitrogen and oxygen atoms in total. The molecule has 0 saturated heterocycles. The number of hydrogen-bond acceptors (Lipinski definition) is 2. The van der Waals surface area contributed by atoms with Crippen molar-refractivity contribution in [2.45, 2.75) is 20.0 Å². The Balaban J connectivity index is 1.45. The molecule has 0 fully saturated rings. The van der Waals surface area contributed by atoms with Gasteiger partial charge in [-0.25, -0.2) is 0 Å². The predicted octanol–water partition coefficient (Wildman–Crippen LogP) is 12.6. The maximum Gasteiger partial charge on any atom is 0.417 e. The number of halogens is 3. The predicted molar refractivity (Wildman–Crippen MR) is 210 cm³/mol. The van der Waals surface area contributed by atoms with Crippen molar-refractivity contribution < 1.29 is 13.2 Å². The van der Waals surface area contributed by atoms with Crippen molar-refractivity contribution >= 4 is 43.6 Å². The summed E-state index contributed by atoms with van der Waals surface area (Å²) in [5, 5.41) is 24.5. The first kappa shape index (κ1) is 32.8. The van der Waals surface area contributed by atoms with Gasteiger partial charge in [0.1, 0.15) is 0 Å². The zero-order chi connectivity index (χ0) is 37.3. The molecule has 0 aliphatic heterocycles.